The molecule has 0 unspecified atom stereocenters. The number of nitrogens with zero attached hydrogens (tertiary/aromatic N) is 2. The summed E-state index contributed by atoms with van der Waals surface area (Å²) in [6.07, 6.45) is 1.56. The highest BCUT2D eigenvalue weighted by Crippen LogP contribution is 2.07. The molecule has 1 aromatic heterocycles. The number of aromatic nitrogens is 1. The first-order valence-corrected chi connectivity index (χ1v) is 5.19. The van der Waals surface area contributed by atoms with Crippen molar-refractivity contribution in [3.63, 3.8) is 0 Å². The fourth-order valence-corrected chi connectivity index (χ4v) is 1.27. The van der Waals surface area contributed by atoms with E-state index in [0.29, 0.717) is 19.7 Å². The zero-order chi connectivity index (χ0) is 13.5. The van der Waals surface area contributed by atoms with E-state index in [2.05, 4.69) is 16.3 Å². The Labute approximate surface area is 104 Å². The van der Waals surface area contributed by atoms with Gasteiger partial charge in [-0.25, -0.2) is 4.79 Å². The largest absolute Gasteiger partial charge is 0.475 e. The minimum atomic E-state index is -1.27. The van der Waals surface area contributed by atoms with Crippen molar-refractivity contribution < 1.29 is 24.0 Å². The molecular weight excluding hydrogens is 240 g/mol. The van der Waals surface area contributed by atoms with Gasteiger partial charge in [-0.3, -0.25) is 4.79 Å². The Bertz CT molecular complexity index is 440. The smallest absolute Gasteiger partial charge is 0.374 e. The zero-order valence-corrected chi connectivity index (χ0v) is 9.96. The summed E-state index contributed by atoms with van der Waals surface area (Å²) in [6, 6.07) is 1.09. The fraction of sp³-hybridized carbons (Fsp3) is 0.364. The molecule has 1 heterocycles. The second-order valence-electron chi connectivity index (χ2n) is 3.41. The number of amides is 1. The normalized spacial score (nSPS) is 10.1. The molecule has 0 saturated carbocycles. The Hall–Kier alpha value is -2.15. The summed E-state index contributed by atoms with van der Waals surface area (Å²) >= 11 is 0. The second-order valence-corrected chi connectivity index (χ2v) is 3.41. The van der Waals surface area contributed by atoms with Crippen LogP contribution in [0.2, 0.25) is 0 Å². The average Bonchev–Trinajstić information content (AvgIpc) is 2.83. The van der Waals surface area contributed by atoms with Crippen molar-refractivity contribution >= 4 is 11.9 Å². The van der Waals surface area contributed by atoms with Crippen molar-refractivity contribution in [3.8, 4) is 0 Å². The first kappa shape index (κ1) is 13.9. The van der Waals surface area contributed by atoms with E-state index in [1.807, 2.05) is 0 Å². The third-order valence-electron chi connectivity index (χ3n) is 2.14. The van der Waals surface area contributed by atoms with E-state index in [1.165, 1.54) is 12.0 Å². The van der Waals surface area contributed by atoms with Gasteiger partial charge in [-0.05, 0) is 0 Å². The van der Waals surface area contributed by atoms with Crippen LogP contribution >= 0.6 is 0 Å². The maximum atomic E-state index is 12.0. The molecule has 1 amide bonds. The number of aromatic carboxylic acids is 1. The molecule has 7 nitrogen and oxygen atoms in total. The van der Waals surface area contributed by atoms with Crippen LogP contribution in [0.1, 0.15) is 21.0 Å². The summed E-state index contributed by atoms with van der Waals surface area (Å²) in [5.74, 6) is -2.07. The Morgan fingerprint density at radius 2 is 2.39 bits per heavy atom. The van der Waals surface area contributed by atoms with Gasteiger partial charge < -0.3 is 19.3 Å². The maximum absolute atomic E-state index is 12.0. The van der Waals surface area contributed by atoms with Crippen molar-refractivity contribution in [3.05, 3.63) is 30.2 Å². The molecule has 0 radical (unpaired) electrons. The Morgan fingerprint density at radius 1 is 1.67 bits per heavy atom. The molecule has 0 saturated heterocycles. The number of carbonyl (C=O) groups is 2. The molecule has 98 valence electrons. The highest BCUT2D eigenvalue weighted by Gasteiger charge is 2.21. The lowest BCUT2D eigenvalue weighted by atomic mass is 10.3. The van der Waals surface area contributed by atoms with Crippen LogP contribution in [-0.2, 0) is 4.74 Å². The first-order chi connectivity index (χ1) is 8.60. The Balaban J connectivity index is 2.80. The lowest BCUT2D eigenvalue weighted by Crippen LogP contribution is -2.34. The van der Waals surface area contributed by atoms with Gasteiger partial charge in [0.05, 0.1) is 6.61 Å². The molecule has 0 fully saturated rings. The number of ether oxygens (including phenoxy) is 1. The third-order valence-corrected chi connectivity index (χ3v) is 2.14. The van der Waals surface area contributed by atoms with Gasteiger partial charge in [0, 0.05) is 26.3 Å². The van der Waals surface area contributed by atoms with Crippen molar-refractivity contribution in [1.29, 1.82) is 0 Å². The molecule has 0 bridgehead atoms. The highest BCUT2D eigenvalue weighted by molar-refractivity contribution is 5.94. The Kier molecular flexibility index (Phi) is 5.06. The van der Waals surface area contributed by atoms with Gasteiger partial charge >= 0.3 is 5.97 Å². The molecular formula is C11H14N2O5. The summed E-state index contributed by atoms with van der Waals surface area (Å²) < 4.78 is 9.41. The van der Waals surface area contributed by atoms with Gasteiger partial charge in [0.25, 0.3) is 5.91 Å². The van der Waals surface area contributed by atoms with Crippen LogP contribution in [-0.4, -0.2) is 53.8 Å². The van der Waals surface area contributed by atoms with Gasteiger partial charge in [0.15, 0.2) is 5.69 Å². The quantitative estimate of drug-likeness (QED) is 0.718. The van der Waals surface area contributed by atoms with Crippen molar-refractivity contribution in [2.24, 2.45) is 0 Å². The molecule has 1 N–H and O–H groups in total. The topological polar surface area (TPSA) is 92.9 Å². The number of rotatable bonds is 7. The number of carboxylic acid groups (broad SMARTS) is 1. The summed E-state index contributed by atoms with van der Waals surface area (Å²) in [6.45, 7) is 4.58. The number of methoxy groups -OCH3 is 1. The third kappa shape index (κ3) is 3.42. The molecule has 0 atom stereocenters. The number of carbonyl (C=O) groups excluding carboxylic acids is 1. The lowest BCUT2D eigenvalue weighted by molar-refractivity contribution is 0.0647. The van der Waals surface area contributed by atoms with Crippen LogP contribution in [0.5, 0.6) is 0 Å². The predicted molar refractivity (Wildman–Crippen MR) is 61.4 cm³/mol. The molecule has 1 aromatic rings. The van der Waals surface area contributed by atoms with Crippen molar-refractivity contribution in [2.75, 3.05) is 26.8 Å². The van der Waals surface area contributed by atoms with Crippen LogP contribution in [0.3, 0.4) is 0 Å². The molecule has 1 rings (SSSR count). The van der Waals surface area contributed by atoms with Crippen molar-refractivity contribution in [2.45, 2.75) is 0 Å². The molecule has 0 aromatic carbocycles. The molecule has 18 heavy (non-hydrogen) atoms. The number of hydrogen-bond donors (Lipinski definition) is 1. The SMILES string of the molecule is C=CCN(CCOC)C(=O)c1cc(C(=O)O)on1. The van der Waals surface area contributed by atoms with E-state index >= 15 is 0 Å². The van der Waals surface area contributed by atoms with E-state index < -0.39 is 11.9 Å². The Morgan fingerprint density at radius 3 is 2.89 bits per heavy atom. The molecule has 0 aliphatic rings. The minimum absolute atomic E-state index is 0.0506. The minimum Gasteiger partial charge on any atom is -0.475 e. The summed E-state index contributed by atoms with van der Waals surface area (Å²) in [7, 11) is 1.52. The van der Waals surface area contributed by atoms with Crippen LogP contribution in [0.15, 0.2) is 23.2 Å². The standard InChI is InChI=1S/C11H14N2O5/c1-3-4-13(5-6-17-2)10(14)8-7-9(11(15)16)18-12-8/h3,7H,1,4-6H2,2H3,(H,15,16). The number of hydrogen-bond acceptors (Lipinski definition) is 5. The van der Waals surface area contributed by atoms with E-state index in [-0.39, 0.29) is 11.5 Å². The molecule has 0 aliphatic carbocycles. The van der Waals surface area contributed by atoms with Crippen molar-refractivity contribution in [1.82, 2.24) is 10.1 Å². The fourth-order valence-electron chi connectivity index (χ4n) is 1.27. The lowest BCUT2D eigenvalue weighted by Gasteiger charge is -2.18. The highest BCUT2D eigenvalue weighted by atomic mass is 16.5. The summed E-state index contributed by atoms with van der Waals surface area (Å²) in [5, 5.41) is 12.1. The molecule has 7 heteroatoms. The monoisotopic (exact) mass is 254 g/mol. The summed E-state index contributed by atoms with van der Waals surface area (Å²) in [5.41, 5.74) is -0.0506. The van der Waals surface area contributed by atoms with Gasteiger partial charge in [0.1, 0.15) is 0 Å². The molecule has 0 aliphatic heterocycles. The van der Waals surface area contributed by atoms with E-state index in [4.69, 9.17) is 9.84 Å². The van der Waals surface area contributed by atoms with E-state index in [1.54, 1.807) is 6.08 Å². The summed E-state index contributed by atoms with van der Waals surface area (Å²) in [4.78, 5) is 24.0. The van der Waals surface area contributed by atoms with Gasteiger partial charge in [-0.2, -0.15) is 0 Å². The number of carboxylic acids is 1. The van der Waals surface area contributed by atoms with Gasteiger partial charge in [-0.15, -0.1) is 6.58 Å². The first-order valence-electron chi connectivity index (χ1n) is 5.19. The predicted octanol–water partition coefficient (Wildman–Crippen LogP) is 0.647. The van der Waals surface area contributed by atoms with Crippen LogP contribution in [0.4, 0.5) is 0 Å². The van der Waals surface area contributed by atoms with Crippen LogP contribution in [0.25, 0.3) is 0 Å². The second kappa shape index (κ2) is 6.55. The molecule has 0 spiro atoms. The van der Waals surface area contributed by atoms with Gasteiger partial charge in [0.2, 0.25) is 5.76 Å². The average molecular weight is 254 g/mol. The van der Waals surface area contributed by atoms with E-state index in [9.17, 15) is 9.59 Å². The van der Waals surface area contributed by atoms with Gasteiger partial charge in [-0.1, -0.05) is 11.2 Å². The maximum Gasteiger partial charge on any atom is 0.374 e. The van der Waals surface area contributed by atoms with Crippen LogP contribution < -0.4 is 0 Å². The van der Waals surface area contributed by atoms with Crippen LogP contribution in [0, 0.1) is 0 Å². The van der Waals surface area contributed by atoms with E-state index in [0.717, 1.165) is 6.07 Å². The zero-order valence-electron chi connectivity index (χ0n) is 9.96.